The largest absolute Gasteiger partial charge is 0.419 e. The summed E-state index contributed by atoms with van der Waals surface area (Å²) in [5.74, 6) is -0.315. The molecule has 1 unspecified atom stereocenters. The van der Waals surface area contributed by atoms with E-state index in [0.29, 0.717) is 6.42 Å². The van der Waals surface area contributed by atoms with Gasteiger partial charge in [0.25, 0.3) is 0 Å². The highest BCUT2D eigenvalue weighted by Crippen LogP contribution is 2.38. The fraction of sp³-hybridized carbons (Fsp3) is 0.917. The molecule has 1 heterocycles. The molecule has 0 saturated carbocycles. The van der Waals surface area contributed by atoms with Gasteiger partial charge >= 0.3 is 6.18 Å². The fourth-order valence-electron chi connectivity index (χ4n) is 1.88. The van der Waals surface area contributed by atoms with E-state index in [1.165, 1.54) is 0 Å². The molecule has 1 fully saturated rings. The summed E-state index contributed by atoms with van der Waals surface area (Å²) >= 11 is 0. The van der Waals surface area contributed by atoms with E-state index < -0.39 is 24.7 Å². The van der Waals surface area contributed by atoms with Crippen LogP contribution in [0.2, 0.25) is 0 Å². The molecule has 0 aromatic rings. The molecule has 0 aliphatic carbocycles. The second-order valence-corrected chi connectivity index (χ2v) is 6.16. The number of rotatable bonds is 2. The number of hydrogen-bond donors (Lipinski definition) is 1. The van der Waals surface area contributed by atoms with E-state index in [0.717, 1.165) is 4.90 Å². The Balaban J connectivity index is 2.55. The molecular weight excluding hydrogens is 247 g/mol. The molecule has 18 heavy (non-hydrogen) atoms. The summed E-state index contributed by atoms with van der Waals surface area (Å²) in [6, 6.07) is 0. The van der Waals surface area contributed by atoms with Crippen LogP contribution in [0.15, 0.2) is 0 Å². The van der Waals surface area contributed by atoms with Crippen LogP contribution < -0.4 is 0 Å². The van der Waals surface area contributed by atoms with Crippen molar-refractivity contribution in [2.24, 2.45) is 5.41 Å². The molecule has 0 aromatic heterocycles. The Morgan fingerprint density at radius 1 is 1.33 bits per heavy atom. The van der Waals surface area contributed by atoms with Gasteiger partial charge in [-0.05, 0) is 11.8 Å². The lowest BCUT2D eigenvalue weighted by atomic mass is 9.90. The number of amides is 1. The van der Waals surface area contributed by atoms with Crippen molar-refractivity contribution in [2.75, 3.05) is 13.1 Å². The first-order valence-corrected chi connectivity index (χ1v) is 6.01. The maximum absolute atomic E-state index is 12.6. The van der Waals surface area contributed by atoms with Gasteiger partial charge in [-0.1, -0.05) is 20.8 Å². The minimum atomic E-state index is -4.67. The predicted octanol–water partition coefficient (Wildman–Crippen LogP) is 2.34. The van der Waals surface area contributed by atoms with Crippen LogP contribution in [0.1, 0.15) is 40.0 Å². The normalized spacial score (nSPS) is 25.6. The molecule has 6 heteroatoms. The van der Waals surface area contributed by atoms with Crippen LogP contribution in [0.4, 0.5) is 13.2 Å². The summed E-state index contributed by atoms with van der Waals surface area (Å²) in [5, 5.41) is 9.46. The number of β-amino-alcohol motifs (C(OH)–C–C–N with tert-alkyl or cyclic N) is 1. The quantitative estimate of drug-likeness (QED) is 0.834. The molecule has 1 amide bonds. The molecule has 1 N–H and O–H groups in total. The molecule has 0 bridgehead atoms. The number of likely N-dealkylation sites (tertiary alicyclic amines) is 1. The Hall–Kier alpha value is -0.780. The summed E-state index contributed by atoms with van der Waals surface area (Å²) < 4.78 is 37.7. The van der Waals surface area contributed by atoms with Crippen molar-refractivity contribution in [3.8, 4) is 0 Å². The van der Waals surface area contributed by atoms with Crippen LogP contribution in [0.25, 0.3) is 0 Å². The van der Waals surface area contributed by atoms with Gasteiger partial charge in [-0.15, -0.1) is 0 Å². The smallest absolute Gasteiger partial charge is 0.379 e. The Kier molecular flexibility index (Phi) is 4.00. The number of carbonyl (C=O) groups excluding carboxylic acids is 1. The Labute approximate surface area is 105 Å². The van der Waals surface area contributed by atoms with Gasteiger partial charge < -0.3 is 10.0 Å². The molecule has 0 radical (unpaired) electrons. The molecule has 1 rings (SSSR count). The zero-order chi connectivity index (χ0) is 14.2. The monoisotopic (exact) mass is 267 g/mol. The van der Waals surface area contributed by atoms with Crippen molar-refractivity contribution < 1.29 is 23.1 Å². The lowest BCUT2D eigenvalue weighted by molar-refractivity contribution is -0.253. The number of nitrogens with zero attached hydrogens (tertiary/aromatic N) is 1. The summed E-state index contributed by atoms with van der Waals surface area (Å²) in [6.45, 7) is 5.24. The first-order chi connectivity index (χ1) is 7.95. The molecule has 1 saturated heterocycles. The predicted molar refractivity (Wildman–Crippen MR) is 60.9 cm³/mol. The minimum absolute atomic E-state index is 0.0288. The molecular formula is C12H20F3NO2. The maximum atomic E-state index is 12.6. The Bertz CT molecular complexity index is 322. The highest BCUT2D eigenvalue weighted by molar-refractivity contribution is 5.76. The molecule has 3 nitrogen and oxygen atoms in total. The Morgan fingerprint density at radius 3 is 2.28 bits per heavy atom. The van der Waals surface area contributed by atoms with E-state index in [9.17, 15) is 23.1 Å². The number of halogens is 3. The summed E-state index contributed by atoms with van der Waals surface area (Å²) in [4.78, 5) is 12.9. The highest BCUT2D eigenvalue weighted by Gasteiger charge is 2.57. The molecule has 1 aliphatic heterocycles. The lowest BCUT2D eigenvalue weighted by Crippen LogP contribution is -2.48. The van der Waals surface area contributed by atoms with E-state index in [1.807, 2.05) is 20.8 Å². The van der Waals surface area contributed by atoms with Crippen molar-refractivity contribution in [1.82, 2.24) is 4.90 Å². The summed E-state index contributed by atoms with van der Waals surface area (Å²) in [6.07, 6.45) is -4.27. The number of alkyl halides is 3. The van der Waals surface area contributed by atoms with Crippen LogP contribution in [-0.4, -0.2) is 40.8 Å². The average Bonchev–Trinajstić information content (AvgIpc) is 2.56. The topological polar surface area (TPSA) is 40.5 Å². The Morgan fingerprint density at radius 2 is 1.89 bits per heavy atom. The SMILES string of the molecule is CC(C)(C)CCC(=O)N1CCC(O)(C(F)(F)F)C1. The van der Waals surface area contributed by atoms with Crippen LogP contribution in [0.3, 0.4) is 0 Å². The standard InChI is InChI=1S/C12H20F3NO2/c1-10(2,3)5-4-9(17)16-7-6-11(18,8-16)12(13,14)15/h18H,4-8H2,1-3H3. The average molecular weight is 267 g/mol. The van der Waals surface area contributed by atoms with E-state index in [4.69, 9.17) is 0 Å². The number of aliphatic hydroxyl groups is 1. The molecule has 106 valence electrons. The molecule has 0 aromatic carbocycles. The number of carbonyl (C=O) groups is 1. The van der Waals surface area contributed by atoms with Crippen LogP contribution in [0, 0.1) is 5.41 Å². The zero-order valence-corrected chi connectivity index (χ0v) is 11.0. The first-order valence-electron chi connectivity index (χ1n) is 6.01. The van der Waals surface area contributed by atoms with Crippen molar-refractivity contribution in [1.29, 1.82) is 0 Å². The van der Waals surface area contributed by atoms with Gasteiger partial charge in [-0.3, -0.25) is 4.79 Å². The molecule has 0 spiro atoms. The van der Waals surface area contributed by atoms with Crippen molar-refractivity contribution in [3.05, 3.63) is 0 Å². The van der Waals surface area contributed by atoms with E-state index in [-0.39, 0.29) is 24.3 Å². The van der Waals surface area contributed by atoms with Gasteiger partial charge in [0.05, 0.1) is 6.54 Å². The van der Waals surface area contributed by atoms with Crippen LogP contribution in [-0.2, 0) is 4.79 Å². The van der Waals surface area contributed by atoms with E-state index in [1.54, 1.807) is 0 Å². The van der Waals surface area contributed by atoms with Gasteiger partial charge in [0, 0.05) is 19.4 Å². The van der Waals surface area contributed by atoms with Gasteiger partial charge in [0.1, 0.15) is 0 Å². The first kappa shape index (κ1) is 15.3. The van der Waals surface area contributed by atoms with Crippen LogP contribution in [0.5, 0.6) is 0 Å². The van der Waals surface area contributed by atoms with Gasteiger partial charge in [0.15, 0.2) is 5.60 Å². The zero-order valence-electron chi connectivity index (χ0n) is 11.0. The maximum Gasteiger partial charge on any atom is 0.419 e. The number of hydrogen-bond acceptors (Lipinski definition) is 2. The third-order valence-electron chi connectivity index (χ3n) is 3.22. The third kappa shape index (κ3) is 3.60. The van der Waals surface area contributed by atoms with Crippen molar-refractivity contribution in [2.45, 2.75) is 51.8 Å². The van der Waals surface area contributed by atoms with Gasteiger partial charge in [-0.25, -0.2) is 0 Å². The highest BCUT2D eigenvalue weighted by atomic mass is 19.4. The second kappa shape index (κ2) is 4.72. The summed E-state index contributed by atoms with van der Waals surface area (Å²) in [5.41, 5.74) is -2.76. The van der Waals surface area contributed by atoms with Crippen molar-refractivity contribution >= 4 is 5.91 Å². The summed E-state index contributed by atoms with van der Waals surface area (Å²) in [7, 11) is 0. The van der Waals surface area contributed by atoms with Crippen LogP contribution >= 0.6 is 0 Å². The van der Waals surface area contributed by atoms with Gasteiger partial charge in [0.2, 0.25) is 5.91 Å². The lowest BCUT2D eigenvalue weighted by Gasteiger charge is -2.26. The van der Waals surface area contributed by atoms with E-state index in [2.05, 4.69) is 0 Å². The fourth-order valence-corrected chi connectivity index (χ4v) is 1.88. The second-order valence-electron chi connectivity index (χ2n) is 6.16. The van der Waals surface area contributed by atoms with E-state index >= 15 is 0 Å². The van der Waals surface area contributed by atoms with Crippen molar-refractivity contribution in [3.63, 3.8) is 0 Å². The minimum Gasteiger partial charge on any atom is -0.379 e. The molecule has 1 atom stereocenters. The third-order valence-corrected chi connectivity index (χ3v) is 3.22. The van der Waals surface area contributed by atoms with Gasteiger partial charge in [-0.2, -0.15) is 13.2 Å². The molecule has 1 aliphatic rings.